The summed E-state index contributed by atoms with van der Waals surface area (Å²) < 4.78 is 14.4. The van der Waals surface area contributed by atoms with Gasteiger partial charge in [0.1, 0.15) is 5.75 Å². The molecule has 6 heteroatoms. The molecule has 0 amide bonds. The highest BCUT2D eigenvalue weighted by atomic mass is 79.9. The Kier molecular flexibility index (Phi) is 4.50. The maximum atomic E-state index is 13.7. The van der Waals surface area contributed by atoms with Crippen LogP contribution in [0.5, 0.6) is 11.5 Å². The fraction of sp³-hybridized carbons (Fsp3) is 0. The summed E-state index contributed by atoms with van der Waals surface area (Å²) in [4.78, 5) is 4.56. The van der Waals surface area contributed by atoms with Crippen molar-refractivity contribution in [2.75, 3.05) is 0 Å². The Morgan fingerprint density at radius 2 is 1.63 bits per heavy atom. The van der Waals surface area contributed by atoms with Crippen LogP contribution < -0.4 is 0 Å². The molecule has 1 heterocycles. The van der Waals surface area contributed by atoms with Crippen molar-refractivity contribution in [3.63, 3.8) is 0 Å². The van der Waals surface area contributed by atoms with Gasteiger partial charge in [0.05, 0.1) is 16.2 Å². The molecule has 0 aliphatic rings. The van der Waals surface area contributed by atoms with Crippen LogP contribution >= 0.6 is 27.5 Å². The molecule has 3 aromatic carbocycles. The van der Waals surface area contributed by atoms with Crippen molar-refractivity contribution in [2.45, 2.75) is 0 Å². The summed E-state index contributed by atoms with van der Waals surface area (Å²) >= 11 is 9.99. The summed E-state index contributed by atoms with van der Waals surface area (Å²) in [6.07, 6.45) is 0. The molecule has 27 heavy (non-hydrogen) atoms. The number of halogens is 3. The second kappa shape index (κ2) is 6.83. The van der Waals surface area contributed by atoms with Crippen molar-refractivity contribution in [1.29, 1.82) is 0 Å². The van der Waals surface area contributed by atoms with E-state index in [0.717, 1.165) is 10.9 Å². The smallest absolute Gasteiger partial charge is 0.165 e. The molecule has 0 saturated heterocycles. The Bertz CT molecular complexity index is 1200. The van der Waals surface area contributed by atoms with Gasteiger partial charge >= 0.3 is 0 Å². The number of phenolic OH excluding ortho intramolecular Hbond substituents is 2. The average molecular weight is 445 g/mol. The van der Waals surface area contributed by atoms with Crippen LogP contribution in [0.15, 0.2) is 65.1 Å². The van der Waals surface area contributed by atoms with E-state index in [0.29, 0.717) is 31.8 Å². The van der Waals surface area contributed by atoms with Crippen molar-refractivity contribution in [2.24, 2.45) is 0 Å². The van der Waals surface area contributed by atoms with Crippen molar-refractivity contribution >= 4 is 38.4 Å². The first-order valence-electron chi connectivity index (χ1n) is 8.01. The number of hydrogen-bond acceptors (Lipinski definition) is 3. The predicted octanol–water partition coefficient (Wildman–Crippen LogP) is 6.54. The number of fused-ring (bicyclic) bond motifs is 1. The maximum Gasteiger partial charge on any atom is 0.165 e. The van der Waals surface area contributed by atoms with E-state index in [2.05, 4.69) is 20.9 Å². The lowest BCUT2D eigenvalue weighted by molar-refractivity contribution is 0.432. The summed E-state index contributed by atoms with van der Waals surface area (Å²) in [6.45, 7) is 0. The van der Waals surface area contributed by atoms with Crippen molar-refractivity contribution in [3.05, 3.63) is 76.0 Å². The van der Waals surface area contributed by atoms with Gasteiger partial charge in [-0.3, -0.25) is 0 Å². The first kappa shape index (κ1) is 17.8. The Balaban J connectivity index is 1.91. The number of rotatable bonds is 2. The zero-order chi connectivity index (χ0) is 19.1. The van der Waals surface area contributed by atoms with E-state index in [9.17, 15) is 14.6 Å². The van der Waals surface area contributed by atoms with Crippen molar-refractivity contribution in [3.8, 4) is 33.9 Å². The van der Waals surface area contributed by atoms with Gasteiger partial charge in [-0.1, -0.05) is 35.9 Å². The molecule has 0 bridgehead atoms. The SMILES string of the molecule is Oc1ccc(-c2nc3ccc(-c4ccccc4O)cc3c(Br)c2Cl)cc1F. The highest BCUT2D eigenvalue weighted by molar-refractivity contribution is 9.10. The Morgan fingerprint density at radius 3 is 2.37 bits per heavy atom. The van der Waals surface area contributed by atoms with E-state index in [-0.39, 0.29) is 5.75 Å². The van der Waals surface area contributed by atoms with Crippen LogP contribution in [0.2, 0.25) is 5.02 Å². The third-order valence-electron chi connectivity index (χ3n) is 4.30. The van der Waals surface area contributed by atoms with Crippen LogP contribution in [-0.2, 0) is 0 Å². The quantitative estimate of drug-likeness (QED) is 0.369. The third-order valence-corrected chi connectivity index (χ3v) is 5.72. The van der Waals surface area contributed by atoms with Crippen LogP contribution in [0.25, 0.3) is 33.3 Å². The summed E-state index contributed by atoms with van der Waals surface area (Å²) in [5, 5.41) is 20.6. The van der Waals surface area contributed by atoms with Gasteiger partial charge in [0.15, 0.2) is 11.6 Å². The Hall–Kier alpha value is -2.63. The molecule has 0 aliphatic carbocycles. The van der Waals surface area contributed by atoms with Gasteiger partial charge in [-0.25, -0.2) is 9.37 Å². The van der Waals surface area contributed by atoms with Gasteiger partial charge < -0.3 is 10.2 Å². The molecule has 4 aromatic rings. The molecule has 0 spiro atoms. The number of para-hydroxylation sites is 1. The fourth-order valence-corrected chi connectivity index (χ4v) is 3.69. The number of aromatic nitrogens is 1. The molecule has 0 saturated carbocycles. The second-order valence-corrected chi connectivity index (χ2v) is 7.17. The minimum absolute atomic E-state index is 0.184. The summed E-state index contributed by atoms with van der Waals surface area (Å²) in [7, 11) is 0. The van der Waals surface area contributed by atoms with Gasteiger partial charge in [-0.05, 0) is 57.9 Å². The standard InChI is InChI=1S/C21H12BrClFNO2/c22-19-14-9-11(13-3-1-2-4-17(13)26)5-7-16(14)25-21(20(19)23)12-6-8-18(27)15(24)10-12/h1-10,26-27H. The Labute approximate surface area is 167 Å². The van der Waals surface area contributed by atoms with E-state index in [4.69, 9.17) is 11.6 Å². The van der Waals surface area contributed by atoms with E-state index < -0.39 is 11.6 Å². The molecule has 0 atom stereocenters. The number of aromatic hydroxyl groups is 2. The molecule has 0 fully saturated rings. The lowest BCUT2D eigenvalue weighted by atomic mass is 10.0. The van der Waals surface area contributed by atoms with Gasteiger partial charge in [0, 0.05) is 21.0 Å². The summed E-state index contributed by atoms with van der Waals surface area (Å²) in [6, 6.07) is 16.6. The molecule has 1 aromatic heterocycles. The van der Waals surface area contributed by atoms with Crippen LogP contribution in [0, 0.1) is 5.82 Å². The predicted molar refractivity (Wildman–Crippen MR) is 109 cm³/mol. The number of nitrogens with zero attached hydrogens (tertiary/aromatic N) is 1. The van der Waals surface area contributed by atoms with Gasteiger partial charge in [0.25, 0.3) is 0 Å². The summed E-state index contributed by atoms with van der Waals surface area (Å²) in [5.74, 6) is -0.984. The molecule has 0 aliphatic heterocycles. The molecule has 2 N–H and O–H groups in total. The van der Waals surface area contributed by atoms with Crippen LogP contribution in [-0.4, -0.2) is 15.2 Å². The van der Waals surface area contributed by atoms with Gasteiger partial charge in [0.2, 0.25) is 0 Å². The highest BCUT2D eigenvalue weighted by Crippen LogP contribution is 2.40. The van der Waals surface area contributed by atoms with Crippen molar-refractivity contribution in [1.82, 2.24) is 4.98 Å². The number of hydrogen-bond donors (Lipinski definition) is 2. The van der Waals surface area contributed by atoms with E-state index >= 15 is 0 Å². The maximum absolute atomic E-state index is 13.7. The molecule has 3 nitrogen and oxygen atoms in total. The minimum Gasteiger partial charge on any atom is -0.507 e. The third kappa shape index (κ3) is 3.13. The topological polar surface area (TPSA) is 53.4 Å². The zero-order valence-electron chi connectivity index (χ0n) is 13.7. The second-order valence-electron chi connectivity index (χ2n) is 6.00. The monoisotopic (exact) mass is 443 g/mol. The number of pyridine rings is 1. The minimum atomic E-state index is -0.739. The van der Waals surface area contributed by atoms with E-state index in [1.54, 1.807) is 18.2 Å². The zero-order valence-corrected chi connectivity index (χ0v) is 16.1. The van der Waals surface area contributed by atoms with Gasteiger partial charge in [-0.15, -0.1) is 0 Å². The first-order chi connectivity index (χ1) is 13.0. The molecule has 0 radical (unpaired) electrons. The average Bonchev–Trinajstić information content (AvgIpc) is 2.67. The fourth-order valence-electron chi connectivity index (χ4n) is 2.93. The van der Waals surface area contributed by atoms with E-state index in [1.165, 1.54) is 12.1 Å². The Morgan fingerprint density at radius 1 is 0.889 bits per heavy atom. The lowest BCUT2D eigenvalue weighted by Crippen LogP contribution is -1.91. The van der Waals surface area contributed by atoms with Crippen LogP contribution in [0.3, 0.4) is 0 Å². The van der Waals surface area contributed by atoms with Crippen LogP contribution in [0.1, 0.15) is 0 Å². The first-order valence-corrected chi connectivity index (χ1v) is 9.19. The van der Waals surface area contributed by atoms with Crippen molar-refractivity contribution < 1.29 is 14.6 Å². The van der Waals surface area contributed by atoms with E-state index in [1.807, 2.05) is 30.3 Å². The lowest BCUT2D eigenvalue weighted by Gasteiger charge is -2.12. The summed E-state index contributed by atoms with van der Waals surface area (Å²) in [5.41, 5.74) is 3.05. The van der Waals surface area contributed by atoms with Gasteiger partial charge in [-0.2, -0.15) is 0 Å². The molecular formula is C21H12BrClFNO2. The number of phenols is 2. The normalized spacial score (nSPS) is 11.1. The molecular weight excluding hydrogens is 433 g/mol. The largest absolute Gasteiger partial charge is 0.507 e. The number of benzene rings is 3. The van der Waals surface area contributed by atoms with Crippen LogP contribution in [0.4, 0.5) is 4.39 Å². The molecule has 4 rings (SSSR count). The molecule has 134 valence electrons. The molecule has 0 unspecified atom stereocenters. The highest BCUT2D eigenvalue weighted by Gasteiger charge is 2.16.